The standard InChI is InChI=1S/C13H19FN/c1-2-15(9-3-4-10-15)11-12-5-7-13(14)8-6-12/h5-8H,2-4,9-11H2,1H3/q+1. The third-order valence-corrected chi connectivity index (χ3v) is 3.62. The smallest absolute Gasteiger partial charge is 0.123 e. The molecule has 0 unspecified atom stereocenters. The van der Waals surface area contributed by atoms with Gasteiger partial charge in [0.15, 0.2) is 0 Å². The molecule has 0 amide bonds. The highest BCUT2D eigenvalue weighted by Gasteiger charge is 2.29. The molecule has 0 N–H and O–H groups in total. The molecule has 1 aromatic rings. The summed E-state index contributed by atoms with van der Waals surface area (Å²) < 4.78 is 14.0. The summed E-state index contributed by atoms with van der Waals surface area (Å²) in [5.74, 6) is -0.136. The van der Waals surface area contributed by atoms with Crippen molar-refractivity contribution in [3.05, 3.63) is 35.6 Å². The van der Waals surface area contributed by atoms with Crippen LogP contribution in [0.1, 0.15) is 25.3 Å². The third kappa shape index (κ3) is 2.37. The lowest BCUT2D eigenvalue weighted by Gasteiger charge is -2.33. The fourth-order valence-corrected chi connectivity index (χ4v) is 2.57. The van der Waals surface area contributed by atoms with Gasteiger partial charge in [-0.3, -0.25) is 0 Å². The summed E-state index contributed by atoms with van der Waals surface area (Å²) in [5.41, 5.74) is 1.26. The van der Waals surface area contributed by atoms with E-state index in [0.717, 1.165) is 6.54 Å². The largest absolute Gasteiger partial charge is 0.320 e. The molecule has 82 valence electrons. The Kier molecular flexibility index (Phi) is 3.06. The van der Waals surface area contributed by atoms with Crippen LogP contribution in [0.15, 0.2) is 24.3 Å². The maximum Gasteiger partial charge on any atom is 0.123 e. The lowest BCUT2D eigenvalue weighted by Crippen LogP contribution is -2.44. The molecule has 1 heterocycles. The molecule has 1 saturated heterocycles. The molecule has 0 radical (unpaired) electrons. The van der Waals surface area contributed by atoms with Gasteiger partial charge in [-0.25, -0.2) is 4.39 Å². The Bertz CT molecular complexity index is 312. The van der Waals surface area contributed by atoms with Gasteiger partial charge in [0.25, 0.3) is 0 Å². The average Bonchev–Trinajstić information content (AvgIpc) is 2.71. The van der Waals surface area contributed by atoms with Crippen molar-refractivity contribution in [1.29, 1.82) is 0 Å². The Morgan fingerprint density at radius 1 is 1.13 bits per heavy atom. The highest BCUT2D eigenvalue weighted by Crippen LogP contribution is 2.22. The van der Waals surface area contributed by atoms with Crippen LogP contribution in [-0.2, 0) is 6.54 Å². The third-order valence-electron chi connectivity index (χ3n) is 3.62. The molecular formula is C13H19FN+. The molecule has 1 fully saturated rings. The number of hydrogen-bond acceptors (Lipinski definition) is 0. The van der Waals surface area contributed by atoms with Crippen LogP contribution in [-0.4, -0.2) is 24.1 Å². The van der Waals surface area contributed by atoms with Crippen LogP contribution >= 0.6 is 0 Å². The quantitative estimate of drug-likeness (QED) is 0.670. The second-order valence-electron chi connectivity index (χ2n) is 4.60. The molecule has 1 aliphatic heterocycles. The second kappa shape index (κ2) is 4.31. The van der Waals surface area contributed by atoms with Crippen LogP contribution in [0.3, 0.4) is 0 Å². The molecule has 2 rings (SSSR count). The van der Waals surface area contributed by atoms with Crippen LogP contribution in [0, 0.1) is 5.82 Å². The maximum atomic E-state index is 12.8. The number of halogens is 1. The van der Waals surface area contributed by atoms with Crippen molar-refractivity contribution in [2.75, 3.05) is 19.6 Å². The van der Waals surface area contributed by atoms with Crippen LogP contribution in [0.2, 0.25) is 0 Å². The average molecular weight is 208 g/mol. The van der Waals surface area contributed by atoms with E-state index in [1.54, 1.807) is 12.1 Å². The van der Waals surface area contributed by atoms with E-state index in [9.17, 15) is 4.39 Å². The Morgan fingerprint density at radius 2 is 1.73 bits per heavy atom. The summed E-state index contributed by atoms with van der Waals surface area (Å²) in [6.45, 7) is 7.09. The van der Waals surface area contributed by atoms with Gasteiger partial charge in [0.2, 0.25) is 0 Å². The van der Waals surface area contributed by atoms with E-state index >= 15 is 0 Å². The minimum Gasteiger partial charge on any atom is -0.320 e. The zero-order valence-electron chi connectivity index (χ0n) is 9.38. The summed E-state index contributed by atoms with van der Waals surface area (Å²) in [5, 5.41) is 0. The second-order valence-corrected chi connectivity index (χ2v) is 4.60. The van der Waals surface area contributed by atoms with E-state index in [1.165, 1.54) is 42.5 Å². The fourth-order valence-electron chi connectivity index (χ4n) is 2.57. The van der Waals surface area contributed by atoms with Gasteiger partial charge in [-0.1, -0.05) is 12.1 Å². The molecule has 1 nitrogen and oxygen atoms in total. The van der Waals surface area contributed by atoms with Crippen molar-refractivity contribution in [2.45, 2.75) is 26.3 Å². The lowest BCUT2D eigenvalue weighted by atomic mass is 10.2. The molecule has 0 atom stereocenters. The van der Waals surface area contributed by atoms with E-state index < -0.39 is 0 Å². The molecule has 0 aliphatic carbocycles. The van der Waals surface area contributed by atoms with Crippen LogP contribution in [0.4, 0.5) is 4.39 Å². The predicted octanol–water partition coefficient (Wildman–Crippen LogP) is 2.96. The van der Waals surface area contributed by atoms with Gasteiger partial charge >= 0.3 is 0 Å². The molecule has 1 aliphatic rings. The monoisotopic (exact) mass is 208 g/mol. The predicted molar refractivity (Wildman–Crippen MR) is 59.9 cm³/mol. The van der Waals surface area contributed by atoms with E-state index in [2.05, 4.69) is 6.92 Å². The number of quaternary nitrogens is 1. The summed E-state index contributed by atoms with van der Waals surface area (Å²) >= 11 is 0. The van der Waals surface area contributed by atoms with E-state index in [4.69, 9.17) is 0 Å². The van der Waals surface area contributed by atoms with Crippen molar-refractivity contribution in [1.82, 2.24) is 0 Å². The fraction of sp³-hybridized carbons (Fsp3) is 0.538. The minimum absolute atomic E-state index is 0.136. The number of benzene rings is 1. The summed E-state index contributed by atoms with van der Waals surface area (Å²) in [6.07, 6.45) is 2.68. The zero-order valence-corrected chi connectivity index (χ0v) is 9.38. The molecule has 0 saturated carbocycles. The first kappa shape index (κ1) is 10.6. The highest BCUT2D eigenvalue weighted by molar-refractivity contribution is 5.15. The maximum absolute atomic E-state index is 12.8. The van der Waals surface area contributed by atoms with Crippen LogP contribution in [0.25, 0.3) is 0 Å². The number of nitrogens with zero attached hydrogens (tertiary/aromatic N) is 1. The molecular weight excluding hydrogens is 189 g/mol. The summed E-state index contributed by atoms with van der Waals surface area (Å²) in [4.78, 5) is 0. The van der Waals surface area contributed by atoms with Crippen molar-refractivity contribution >= 4 is 0 Å². The highest BCUT2D eigenvalue weighted by atomic mass is 19.1. The number of rotatable bonds is 3. The molecule has 0 spiro atoms. The first-order valence-electron chi connectivity index (χ1n) is 5.84. The van der Waals surface area contributed by atoms with Crippen molar-refractivity contribution in [2.24, 2.45) is 0 Å². The van der Waals surface area contributed by atoms with Crippen molar-refractivity contribution in [3.63, 3.8) is 0 Å². The first-order chi connectivity index (χ1) is 7.24. The van der Waals surface area contributed by atoms with E-state index in [0.29, 0.717) is 0 Å². The molecule has 0 bridgehead atoms. The minimum atomic E-state index is -0.136. The zero-order chi connectivity index (χ0) is 10.7. The Hall–Kier alpha value is -0.890. The summed E-state index contributed by atoms with van der Waals surface area (Å²) in [6, 6.07) is 6.97. The van der Waals surface area contributed by atoms with Gasteiger partial charge in [0.1, 0.15) is 12.4 Å². The Labute approximate surface area is 91.1 Å². The van der Waals surface area contributed by atoms with Crippen molar-refractivity contribution in [3.8, 4) is 0 Å². The SMILES string of the molecule is CC[N+]1(Cc2ccc(F)cc2)CCCC1. The van der Waals surface area contributed by atoms with Gasteiger partial charge in [0.05, 0.1) is 19.6 Å². The molecule has 0 aromatic heterocycles. The van der Waals surface area contributed by atoms with Crippen LogP contribution < -0.4 is 0 Å². The Morgan fingerprint density at radius 3 is 2.27 bits per heavy atom. The van der Waals surface area contributed by atoms with Crippen LogP contribution in [0.5, 0.6) is 0 Å². The topological polar surface area (TPSA) is 0 Å². The number of likely N-dealkylation sites (tertiary alicyclic amines) is 1. The summed E-state index contributed by atoms with van der Waals surface area (Å²) in [7, 11) is 0. The Balaban J connectivity index is 2.09. The molecule has 15 heavy (non-hydrogen) atoms. The number of hydrogen-bond donors (Lipinski definition) is 0. The normalized spacial score (nSPS) is 19.3. The first-order valence-corrected chi connectivity index (χ1v) is 5.84. The van der Waals surface area contributed by atoms with E-state index in [1.807, 2.05) is 12.1 Å². The van der Waals surface area contributed by atoms with E-state index in [-0.39, 0.29) is 5.82 Å². The van der Waals surface area contributed by atoms with Gasteiger partial charge in [-0.15, -0.1) is 0 Å². The van der Waals surface area contributed by atoms with Gasteiger partial charge in [0, 0.05) is 18.4 Å². The van der Waals surface area contributed by atoms with Gasteiger partial charge < -0.3 is 4.48 Å². The molecule has 1 aromatic carbocycles. The molecule has 2 heteroatoms. The van der Waals surface area contributed by atoms with Crippen molar-refractivity contribution < 1.29 is 8.87 Å². The van der Waals surface area contributed by atoms with Gasteiger partial charge in [-0.05, 0) is 19.1 Å². The lowest BCUT2D eigenvalue weighted by molar-refractivity contribution is -0.928. The van der Waals surface area contributed by atoms with Gasteiger partial charge in [-0.2, -0.15) is 0 Å².